The van der Waals surface area contributed by atoms with Gasteiger partial charge in [-0.2, -0.15) is 0 Å². The summed E-state index contributed by atoms with van der Waals surface area (Å²) in [6, 6.07) is 3.39. The Hall–Kier alpha value is -2.90. The monoisotopic (exact) mass is 357 g/mol. The van der Waals surface area contributed by atoms with Crippen molar-refractivity contribution in [1.82, 2.24) is 4.57 Å². The zero-order valence-corrected chi connectivity index (χ0v) is 14.4. The van der Waals surface area contributed by atoms with Crippen molar-refractivity contribution in [3.05, 3.63) is 44.2 Å². The second-order valence-electron chi connectivity index (χ2n) is 6.79. The van der Waals surface area contributed by atoms with E-state index < -0.39 is 16.3 Å². The topological polar surface area (TPSA) is 103 Å². The van der Waals surface area contributed by atoms with Crippen molar-refractivity contribution in [2.45, 2.75) is 44.7 Å². The van der Waals surface area contributed by atoms with Gasteiger partial charge < -0.3 is 14.6 Å². The number of nitrogens with zero attached hydrogens (tertiary/aromatic N) is 2. The number of esters is 1. The summed E-state index contributed by atoms with van der Waals surface area (Å²) in [4.78, 5) is 36.0. The Morgan fingerprint density at radius 3 is 2.65 bits per heavy atom. The van der Waals surface area contributed by atoms with Gasteiger partial charge in [-0.05, 0) is 38.7 Å². The van der Waals surface area contributed by atoms with E-state index >= 15 is 0 Å². The molecule has 8 heteroatoms. The fourth-order valence-electron chi connectivity index (χ4n) is 3.11. The Bertz CT molecular complexity index is 973. The first kappa shape index (κ1) is 16.6. The van der Waals surface area contributed by atoms with Crippen LogP contribution in [-0.2, 0) is 4.74 Å². The maximum atomic E-state index is 12.8. The maximum absolute atomic E-state index is 12.8. The first-order valence-corrected chi connectivity index (χ1v) is 8.80. The Balaban J connectivity index is 1.96. The Kier molecular flexibility index (Phi) is 3.90. The fourth-order valence-corrected chi connectivity index (χ4v) is 3.11. The summed E-state index contributed by atoms with van der Waals surface area (Å²) in [7, 11) is 0. The van der Waals surface area contributed by atoms with Gasteiger partial charge in [0, 0.05) is 24.3 Å². The Morgan fingerprint density at radius 2 is 2.08 bits per heavy atom. The van der Waals surface area contributed by atoms with Gasteiger partial charge in [-0.15, -0.1) is 0 Å². The van der Waals surface area contributed by atoms with Gasteiger partial charge in [-0.25, -0.2) is 4.79 Å². The number of hydrogen-bond donors (Lipinski definition) is 1. The summed E-state index contributed by atoms with van der Waals surface area (Å²) in [5.41, 5.74) is 0.270. The number of carbonyl (C=O) groups is 1. The summed E-state index contributed by atoms with van der Waals surface area (Å²) in [5.74, 6) is -0.698. The van der Waals surface area contributed by atoms with Crippen LogP contribution in [0.25, 0.3) is 10.9 Å². The number of rotatable bonds is 6. The molecule has 0 unspecified atom stereocenters. The molecule has 2 saturated carbocycles. The van der Waals surface area contributed by atoms with Crippen LogP contribution in [0.15, 0.2) is 23.1 Å². The zero-order chi connectivity index (χ0) is 18.4. The molecule has 136 valence electrons. The van der Waals surface area contributed by atoms with Crippen molar-refractivity contribution in [2.24, 2.45) is 0 Å². The van der Waals surface area contributed by atoms with E-state index in [9.17, 15) is 19.7 Å². The van der Waals surface area contributed by atoms with Crippen LogP contribution in [0.2, 0.25) is 0 Å². The summed E-state index contributed by atoms with van der Waals surface area (Å²) in [6.45, 7) is 1.82. The molecule has 2 aliphatic rings. The molecule has 0 bridgehead atoms. The minimum Gasteiger partial charge on any atom is -0.462 e. The molecule has 0 radical (unpaired) electrons. The predicted molar refractivity (Wildman–Crippen MR) is 95.7 cm³/mol. The molecular formula is C18H19N3O5. The molecule has 1 aromatic carbocycles. The number of fused-ring (bicyclic) bond motifs is 1. The first-order chi connectivity index (χ1) is 12.5. The molecule has 0 spiro atoms. The number of nitrogens with one attached hydrogen (secondary N) is 1. The van der Waals surface area contributed by atoms with Crippen molar-refractivity contribution in [3.8, 4) is 0 Å². The second-order valence-corrected chi connectivity index (χ2v) is 6.79. The number of benzene rings is 1. The van der Waals surface area contributed by atoms with Gasteiger partial charge in [0.05, 0.1) is 22.4 Å². The van der Waals surface area contributed by atoms with E-state index in [1.54, 1.807) is 13.0 Å². The standard InChI is InChI=1S/C18H19N3O5/c1-2-26-18(23)13-9-20(11-5-6-11)15-8-14(19-10-3-4-10)16(21(24)25)7-12(15)17(13)22/h7-11,19H,2-6H2,1H3. The molecule has 1 heterocycles. The highest BCUT2D eigenvalue weighted by Crippen LogP contribution is 2.39. The average Bonchev–Trinajstić information content (AvgIpc) is 3.49. The average molecular weight is 357 g/mol. The SMILES string of the molecule is CCOC(=O)c1cn(C2CC2)c2cc(NC3CC3)c([N+](=O)[O-])cc2c1=O. The number of aromatic nitrogens is 1. The van der Waals surface area contributed by atoms with Crippen molar-refractivity contribution >= 4 is 28.2 Å². The molecule has 0 aliphatic heterocycles. The predicted octanol–water partition coefficient (Wildman–Crippen LogP) is 3.00. The molecule has 1 N–H and O–H groups in total. The van der Waals surface area contributed by atoms with Crippen LogP contribution < -0.4 is 10.7 Å². The molecule has 0 atom stereocenters. The minimum absolute atomic E-state index is 0.0801. The summed E-state index contributed by atoms with van der Waals surface area (Å²) < 4.78 is 6.86. The number of anilines is 1. The van der Waals surface area contributed by atoms with Crippen LogP contribution in [0.5, 0.6) is 0 Å². The molecule has 4 rings (SSSR count). The lowest BCUT2D eigenvalue weighted by atomic mass is 10.1. The largest absolute Gasteiger partial charge is 0.462 e. The second kappa shape index (κ2) is 6.12. The summed E-state index contributed by atoms with van der Waals surface area (Å²) in [5, 5.41) is 14.8. The highest BCUT2D eigenvalue weighted by molar-refractivity contribution is 5.96. The smallest absolute Gasteiger partial charge is 0.343 e. The lowest BCUT2D eigenvalue weighted by Crippen LogP contribution is -2.21. The number of nitro groups is 1. The van der Waals surface area contributed by atoms with Crippen LogP contribution in [-0.4, -0.2) is 28.1 Å². The van der Waals surface area contributed by atoms with Gasteiger partial charge in [-0.1, -0.05) is 0 Å². The molecule has 26 heavy (non-hydrogen) atoms. The molecule has 2 aliphatic carbocycles. The van der Waals surface area contributed by atoms with Gasteiger partial charge in [-0.3, -0.25) is 14.9 Å². The van der Waals surface area contributed by atoms with Crippen molar-refractivity contribution in [1.29, 1.82) is 0 Å². The Labute approximate surface area is 148 Å². The van der Waals surface area contributed by atoms with Gasteiger partial charge in [0.25, 0.3) is 5.69 Å². The van der Waals surface area contributed by atoms with Gasteiger partial charge >= 0.3 is 5.97 Å². The van der Waals surface area contributed by atoms with E-state index in [0.29, 0.717) is 11.2 Å². The van der Waals surface area contributed by atoms with Crippen molar-refractivity contribution in [2.75, 3.05) is 11.9 Å². The van der Waals surface area contributed by atoms with Gasteiger partial charge in [0.1, 0.15) is 11.3 Å². The van der Waals surface area contributed by atoms with E-state index in [2.05, 4.69) is 5.32 Å². The lowest BCUT2D eigenvalue weighted by molar-refractivity contribution is -0.383. The third-order valence-corrected chi connectivity index (χ3v) is 4.72. The lowest BCUT2D eigenvalue weighted by Gasteiger charge is -2.14. The van der Waals surface area contributed by atoms with Gasteiger partial charge in [0.15, 0.2) is 0 Å². The molecule has 8 nitrogen and oxygen atoms in total. The number of nitro benzene ring substituents is 1. The van der Waals surface area contributed by atoms with Crippen LogP contribution in [0.1, 0.15) is 49.0 Å². The van der Waals surface area contributed by atoms with Gasteiger partial charge in [0.2, 0.25) is 5.43 Å². The number of ether oxygens (including phenoxy) is 1. The summed E-state index contributed by atoms with van der Waals surface area (Å²) >= 11 is 0. The number of pyridine rings is 1. The quantitative estimate of drug-likeness (QED) is 0.484. The third kappa shape index (κ3) is 2.91. The van der Waals surface area contributed by atoms with Crippen LogP contribution in [0.3, 0.4) is 0 Å². The fraction of sp³-hybridized carbons (Fsp3) is 0.444. The van der Waals surface area contributed by atoms with Crippen LogP contribution in [0.4, 0.5) is 11.4 Å². The van der Waals surface area contributed by atoms with Crippen molar-refractivity contribution < 1.29 is 14.5 Å². The van der Waals surface area contributed by atoms with E-state index in [0.717, 1.165) is 25.7 Å². The van der Waals surface area contributed by atoms with E-state index in [-0.39, 0.29) is 35.3 Å². The number of carbonyl (C=O) groups excluding carboxylic acids is 1. The molecule has 2 aromatic rings. The summed E-state index contributed by atoms with van der Waals surface area (Å²) in [6.07, 6.45) is 5.39. The molecule has 1 aromatic heterocycles. The molecule has 0 amide bonds. The van der Waals surface area contributed by atoms with Crippen LogP contribution >= 0.6 is 0 Å². The first-order valence-electron chi connectivity index (χ1n) is 8.80. The number of hydrogen-bond acceptors (Lipinski definition) is 6. The third-order valence-electron chi connectivity index (χ3n) is 4.72. The van der Waals surface area contributed by atoms with E-state index in [1.807, 2.05) is 4.57 Å². The van der Waals surface area contributed by atoms with E-state index in [4.69, 9.17) is 4.74 Å². The zero-order valence-electron chi connectivity index (χ0n) is 14.4. The van der Waals surface area contributed by atoms with Crippen LogP contribution in [0, 0.1) is 10.1 Å². The van der Waals surface area contributed by atoms with E-state index in [1.165, 1.54) is 12.3 Å². The minimum atomic E-state index is -0.698. The highest BCUT2D eigenvalue weighted by Gasteiger charge is 2.30. The Morgan fingerprint density at radius 1 is 1.35 bits per heavy atom. The maximum Gasteiger partial charge on any atom is 0.343 e. The van der Waals surface area contributed by atoms with Crippen molar-refractivity contribution in [3.63, 3.8) is 0 Å². The molecular weight excluding hydrogens is 338 g/mol. The molecule has 2 fully saturated rings. The highest BCUT2D eigenvalue weighted by atomic mass is 16.6. The normalized spacial score (nSPS) is 16.5. The molecule has 0 saturated heterocycles.